The Morgan fingerprint density at radius 3 is 2.25 bits per heavy atom. The Bertz CT molecular complexity index is 1300. The number of carbonyl (C=O) groups excluding carboxylic acids is 1. The van der Waals surface area contributed by atoms with Crippen LogP contribution in [0.4, 0.5) is 0 Å². The zero-order valence-electron chi connectivity index (χ0n) is 23.6. The highest BCUT2D eigenvalue weighted by Gasteiger charge is 2.35. The molecule has 0 bridgehead atoms. The van der Waals surface area contributed by atoms with Crippen molar-refractivity contribution in [2.45, 2.75) is 25.9 Å². The summed E-state index contributed by atoms with van der Waals surface area (Å²) in [4.78, 5) is 18.4. The average Bonchev–Trinajstić information content (AvgIpc) is 3.44. The quantitative estimate of drug-likeness (QED) is 0.373. The molecule has 3 aromatic rings. The zero-order valence-corrected chi connectivity index (χ0v) is 23.6. The SMILES string of the molecule is CCOc1ccc(C2CC(c3ccc(OC)cc3OC)=NN2C(=O)CN2CCN(Cc3ccccc3)CC2)cc1. The summed E-state index contributed by atoms with van der Waals surface area (Å²) in [5.74, 6) is 2.19. The Labute approximate surface area is 236 Å². The third kappa shape index (κ3) is 6.46. The second-order valence-electron chi connectivity index (χ2n) is 10.1. The molecule has 1 saturated heterocycles. The van der Waals surface area contributed by atoms with Gasteiger partial charge in [0.2, 0.25) is 0 Å². The van der Waals surface area contributed by atoms with E-state index in [9.17, 15) is 4.79 Å². The number of hydrogen-bond acceptors (Lipinski definition) is 7. The van der Waals surface area contributed by atoms with Crippen LogP contribution in [0.15, 0.2) is 77.9 Å². The molecule has 0 spiro atoms. The van der Waals surface area contributed by atoms with Crippen molar-refractivity contribution in [3.05, 3.63) is 89.5 Å². The summed E-state index contributed by atoms with van der Waals surface area (Å²) < 4.78 is 16.7. The first-order valence-corrected chi connectivity index (χ1v) is 13.9. The van der Waals surface area contributed by atoms with E-state index in [1.165, 1.54) is 5.56 Å². The van der Waals surface area contributed by atoms with Gasteiger partial charge in [0.15, 0.2) is 0 Å². The summed E-state index contributed by atoms with van der Waals surface area (Å²) in [5.41, 5.74) is 4.03. The molecule has 2 aliphatic heterocycles. The minimum Gasteiger partial charge on any atom is -0.497 e. The van der Waals surface area contributed by atoms with E-state index in [-0.39, 0.29) is 11.9 Å². The minimum atomic E-state index is -0.204. The highest BCUT2D eigenvalue weighted by atomic mass is 16.5. The van der Waals surface area contributed by atoms with Crippen LogP contribution in [0.2, 0.25) is 0 Å². The van der Waals surface area contributed by atoms with Crippen LogP contribution >= 0.6 is 0 Å². The van der Waals surface area contributed by atoms with E-state index in [0.29, 0.717) is 31.1 Å². The van der Waals surface area contributed by atoms with Gasteiger partial charge >= 0.3 is 0 Å². The van der Waals surface area contributed by atoms with Gasteiger partial charge in [0.05, 0.1) is 39.1 Å². The van der Waals surface area contributed by atoms with E-state index in [1.807, 2.05) is 55.5 Å². The zero-order chi connectivity index (χ0) is 27.9. The van der Waals surface area contributed by atoms with E-state index in [0.717, 1.165) is 55.3 Å². The number of piperazine rings is 1. The van der Waals surface area contributed by atoms with Crippen molar-refractivity contribution in [1.82, 2.24) is 14.8 Å². The smallest absolute Gasteiger partial charge is 0.257 e. The lowest BCUT2D eigenvalue weighted by atomic mass is 9.97. The first kappa shape index (κ1) is 27.7. The van der Waals surface area contributed by atoms with Crippen molar-refractivity contribution < 1.29 is 19.0 Å². The van der Waals surface area contributed by atoms with Crippen LogP contribution < -0.4 is 14.2 Å². The van der Waals surface area contributed by atoms with Crippen LogP contribution in [0, 0.1) is 0 Å². The number of carbonyl (C=O) groups is 1. The van der Waals surface area contributed by atoms with E-state index < -0.39 is 0 Å². The van der Waals surface area contributed by atoms with Crippen molar-refractivity contribution in [2.24, 2.45) is 5.10 Å². The molecule has 2 aliphatic rings. The van der Waals surface area contributed by atoms with Crippen LogP contribution in [-0.4, -0.2) is 80.0 Å². The molecule has 0 radical (unpaired) electrons. The summed E-state index contributed by atoms with van der Waals surface area (Å²) >= 11 is 0. The highest BCUT2D eigenvalue weighted by Crippen LogP contribution is 2.36. The van der Waals surface area contributed by atoms with Gasteiger partial charge in [-0.15, -0.1) is 0 Å². The fourth-order valence-electron chi connectivity index (χ4n) is 5.36. The van der Waals surface area contributed by atoms with Crippen molar-refractivity contribution in [3.8, 4) is 17.2 Å². The number of hydrazone groups is 1. The molecule has 0 aromatic heterocycles. The largest absolute Gasteiger partial charge is 0.497 e. The molecular weight excluding hydrogens is 504 g/mol. The lowest BCUT2D eigenvalue weighted by molar-refractivity contribution is -0.134. The van der Waals surface area contributed by atoms with Gasteiger partial charge in [-0.2, -0.15) is 5.10 Å². The van der Waals surface area contributed by atoms with Gasteiger partial charge in [-0.05, 0) is 42.3 Å². The molecule has 2 heterocycles. The first-order chi connectivity index (χ1) is 19.6. The first-order valence-electron chi connectivity index (χ1n) is 13.9. The molecule has 1 amide bonds. The van der Waals surface area contributed by atoms with Gasteiger partial charge in [-0.25, -0.2) is 5.01 Å². The van der Waals surface area contributed by atoms with Gasteiger partial charge in [-0.3, -0.25) is 14.6 Å². The number of ether oxygens (including phenoxy) is 3. The van der Waals surface area contributed by atoms with Gasteiger partial charge in [0.25, 0.3) is 5.91 Å². The lowest BCUT2D eigenvalue weighted by Gasteiger charge is -2.35. The minimum absolute atomic E-state index is 0.00197. The summed E-state index contributed by atoms with van der Waals surface area (Å²) in [6.45, 7) is 7.41. The summed E-state index contributed by atoms with van der Waals surface area (Å²) in [6, 6.07) is 24.0. The Morgan fingerprint density at radius 2 is 1.57 bits per heavy atom. The van der Waals surface area contributed by atoms with Gasteiger partial charge in [-0.1, -0.05) is 42.5 Å². The standard InChI is InChI=1S/C32H38N4O4/c1-4-40-26-12-10-25(11-13-26)30-21-29(28-15-14-27(38-2)20-31(28)39-3)33-36(30)32(37)23-35-18-16-34(17-19-35)22-24-8-6-5-7-9-24/h5-15,20,30H,4,16-19,21-23H2,1-3H3. The lowest BCUT2D eigenvalue weighted by Crippen LogP contribution is -2.49. The maximum atomic E-state index is 13.8. The third-order valence-electron chi connectivity index (χ3n) is 7.53. The maximum Gasteiger partial charge on any atom is 0.257 e. The molecule has 0 aliphatic carbocycles. The molecule has 8 nitrogen and oxygen atoms in total. The Kier molecular flexibility index (Phi) is 8.98. The van der Waals surface area contributed by atoms with Crippen LogP contribution in [0.1, 0.15) is 36.1 Å². The number of methoxy groups -OCH3 is 2. The molecule has 1 fully saturated rings. The van der Waals surface area contributed by atoms with E-state index in [4.69, 9.17) is 19.3 Å². The predicted octanol–water partition coefficient (Wildman–Crippen LogP) is 4.60. The molecule has 0 saturated carbocycles. The normalized spacial score (nSPS) is 17.9. The molecule has 210 valence electrons. The molecule has 5 rings (SSSR count). The molecule has 1 atom stereocenters. The second-order valence-corrected chi connectivity index (χ2v) is 10.1. The van der Waals surface area contributed by atoms with E-state index in [1.54, 1.807) is 19.2 Å². The molecule has 8 heteroatoms. The number of hydrogen-bond donors (Lipinski definition) is 0. The van der Waals surface area contributed by atoms with E-state index in [2.05, 4.69) is 34.1 Å². The maximum absolute atomic E-state index is 13.8. The van der Waals surface area contributed by atoms with Crippen LogP contribution in [-0.2, 0) is 11.3 Å². The van der Waals surface area contributed by atoms with Crippen molar-refractivity contribution >= 4 is 11.6 Å². The molecule has 0 N–H and O–H groups in total. The second kappa shape index (κ2) is 13.0. The van der Waals surface area contributed by atoms with E-state index >= 15 is 0 Å². The van der Waals surface area contributed by atoms with Gasteiger partial charge in [0.1, 0.15) is 17.2 Å². The Hall–Kier alpha value is -3.88. The third-order valence-corrected chi connectivity index (χ3v) is 7.53. The van der Waals surface area contributed by atoms with Crippen LogP contribution in [0.5, 0.6) is 17.2 Å². The Balaban J connectivity index is 1.32. The fraction of sp³-hybridized carbons (Fsp3) is 0.375. The molecule has 1 unspecified atom stereocenters. The summed E-state index contributed by atoms with van der Waals surface area (Å²) in [7, 11) is 3.27. The molecule has 40 heavy (non-hydrogen) atoms. The monoisotopic (exact) mass is 542 g/mol. The molecular formula is C32H38N4O4. The number of amides is 1. The topological polar surface area (TPSA) is 66.8 Å². The van der Waals surface area contributed by atoms with Crippen molar-refractivity contribution in [2.75, 3.05) is 53.6 Å². The summed E-state index contributed by atoms with van der Waals surface area (Å²) in [6.07, 6.45) is 0.591. The molecule has 3 aromatic carbocycles. The summed E-state index contributed by atoms with van der Waals surface area (Å²) in [5, 5.41) is 6.56. The van der Waals surface area contributed by atoms with Crippen molar-refractivity contribution in [1.29, 1.82) is 0 Å². The number of nitrogens with zero attached hydrogens (tertiary/aromatic N) is 4. The van der Waals surface area contributed by atoms with Gasteiger partial charge < -0.3 is 14.2 Å². The number of benzene rings is 3. The highest BCUT2D eigenvalue weighted by molar-refractivity contribution is 6.05. The number of rotatable bonds is 10. The van der Waals surface area contributed by atoms with Crippen molar-refractivity contribution in [3.63, 3.8) is 0 Å². The average molecular weight is 543 g/mol. The predicted molar refractivity (Wildman–Crippen MR) is 156 cm³/mol. The fourth-order valence-corrected chi connectivity index (χ4v) is 5.36. The van der Waals surface area contributed by atoms with Crippen LogP contribution in [0.3, 0.4) is 0 Å². The Morgan fingerprint density at radius 1 is 0.875 bits per heavy atom. The van der Waals surface area contributed by atoms with Crippen LogP contribution in [0.25, 0.3) is 0 Å². The van der Waals surface area contributed by atoms with Gasteiger partial charge in [0, 0.05) is 50.8 Å².